The van der Waals surface area contributed by atoms with E-state index in [9.17, 15) is 14.4 Å². The zero-order valence-corrected chi connectivity index (χ0v) is 17.4. The van der Waals surface area contributed by atoms with Crippen LogP contribution in [0.4, 0.5) is 0 Å². The molecule has 4 aromatic rings. The van der Waals surface area contributed by atoms with Gasteiger partial charge in [0, 0.05) is 13.2 Å². The summed E-state index contributed by atoms with van der Waals surface area (Å²) in [7, 11) is 1.57. The highest BCUT2D eigenvalue weighted by atomic mass is 35.5. The van der Waals surface area contributed by atoms with Gasteiger partial charge in [0.1, 0.15) is 21.5 Å². The van der Waals surface area contributed by atoms with Crippen LogP contribution in [-0.4, -0.2) is 20.1 Å². The maximum absolute atomic E-state index is 12.9. The van der Waals surface area contributed by atoms with Crippen LogP contribution < -0.4 is 11.2 Å². The van der Waals surface area contributed by atoms with E-state index in [0.29, 0.717) is 15.5 Å². The molecule has 0 N–H and O–H groups in total. The minimum absolute atomic E-state index is 0.0508. The van der Waals surface area contributed by atoms with E-state index in [1.165, 1.54) is 16.8 Å². The van der Waals surface area contributed by atoms with Crippen LogP contribution in [0, 0.1) is 0 Å². The van der Waals surface area contributed by atoms with Gasteiger partial charge < -0.3 is 4.74 Å². The highest BCUT2D eigenvalue weighted by Crippen LogP contribution is 2.23. The number of thiophene rings is 1. The van der Waals surface area contributed by atoms with E-state index in [-0.39, 0.29) is 23.4 Å². The fraction of sp³-hybridized carbons (Fsp3) is 0.143. The molecule has 0 aliphatic carbocycles. The summed E-state index contributed by atoms with van der Waals surface area (Å²) >= 11 is 6.85. The van der Waals surface area contributed by atoms with Gasteiger partial charge >= 0.3 is 11.7 Å². The quantitative estimate of drug-likeness (QED) is 0.351. The molecule has 1 aromatic carbocycles. The normalized spacial score (nSPS) is 11.0. The molecule has 152 valence electrons. The first kappa shape index (κ1) is 20.1. The third-order valence-corrected chi connectivity index (χ3v) is 5.97. The van der Waals surface area contributed by atoms with Gasteiger partial charge in [-0.2, -0.15) is 0 Å². The minimum Gasteiger partial charge on any atom is -0.457 e. The lowest BCUT2D eigenvalue weighted by molar-refractivity contribution is 0.0478. The Morgan fingerprint density at radius 3 is 2.60 bits per heavy atom. The largest absolute Gasteiger partial charge is 0.457 e. The first-order chi connectivity index (χ1) is 14.4. The Kier molecular flexibility index (Phi) is 5.52. The second-order valence-electron chi connectivity index (χ2n) is 6.61. The Balaban J connectivity index is 1.67. The van der Waals surface area contributed by atoms with E-state index >= 15 is 0 Å². The molecular formula is C21H16ClN3O4S. The van der Waals surface area contributed by atoms with Crippen molar-refractivity contribution in [3.8, 4) is 0 Å². The molecule has 0 atom stereocenters. The number of carbonyl (C=O) groups is 1. The Bertz CT molecular complexity index is 1340. The molecule has 0 aliphatic rings. The van der Waals surface area contributed by atoms with E-state index < -0.39 is 17.2 Å². The molecule has 30 heavy (non-hydrogen) atoms. The van der Waals surface area contributed by atoms with Crippen LogP contribution in [-0.2, 0) is 24.9 Å². The Labute approximate surface area is 179 Å². The molecule has 0 saturated carbocycles. The van der Waals surface area contributed by atoms with Gasteiger partial charge in [0.05, 0.1) is 11.9 Å². The van der Waals surface area contributed by atoms with Crippen molar-refractivity contribution < 1.29 is 9.53 Å². The highest BCUT2D eigenvalue weighted by molar-refractivity contribution is 7.20. The summed E-state index contributed by atoms with van der Waals surface area (Å²) in [6, 6.07) is 14.1. The number of nitrogens with zero attached hydrogens (tertiary/aromatic N) is 3. The molecule has 4 rings (SSSR count). The Hall–Kier alpha value is -3.23. The molecule has 3 heterocycles. The molecule has 7 nitrogen and oxygen atoms in total. The molecular weight excluding hydrogens is 426 g/mol. The lowest BCUT2D eigenvalue weighted by atomic mass is 10.2. The van der Waals surface area contributed by atoms with Gasteiger partial charge in [-0.15, -0.1) is 11.3 Å². The second kappa shape index (κ2) is 8.25. The first-order valence-corrected chi connectivity index (χ1v) is 10.2. The Morgan fingerprint density at radius 1 is 1.13 bits per heavy atom. The van der Waals surface area contributed by atoms with E-state index in [1.54, 1.807) is 19.2 Å². The zero-order valence-electron chi connectivity index (χ0n) is 15.9. The van der Waals surface area contributed by atoms with Crippen LogP contribution in [0.5, 0.6) is 0 Å². The zero-order chi connectivity index (χ0) is 21.3. The number of ether oxygens (including phenoxy) is 1. The molecule has 9 heteroatoms. The molecule has 0 amide bonds. The SMILES string of the molecule is Cn1c(=O)n(Cc2ccc(Cl)nc2)c(=O)c2cc(C(=O)OCc3ccccc3)sc21. The number of fused-ring (bicyclic) bond motifs is 1. The van der Waals surface area contributed by atoms with Crippen LogP contribution in [0.2, 0.25) is 5.15 Å². The summed E-state index contributed by atoms with van der Waals surface area (Å²) < 4.78 is 7.82. The molecule has 0 radical (unpaired) electrons. The molecule has 0 fully saturated rings. The summed E-state index contributed by atoms with van der Waals surface area (Å²) in [5.41, 5.74) is 0.573. The van der Waals surface area contributed by atoms with Crippen molar-refractivity contribution in [1.82, 2.24) is 14.1 Å². The van der Waals surface area contributed by atoms with Crippen LogP contribution in [0.15, 0.2) is 64.3 Å². The van der Waals surface area contributed by atoms with Crippen molar-refractivity contribution in [1.29, 1.82) is 0 Å². The molecule has 0 bridgehead atoms. The van der Waals surface area contributed by atoms with Crippen molar-refractivity contribution in [3.05, 3.63) is 96.7 Å². The molecule has 3 aromatic heterocycles. The molecule has 0 unspecified atom stereocenters. The van der Waals surface area contributed by atoms with E-state index in [2.05, 4.69) is 4.98 Å². The molecule has 0 aliphatic heterocycles. The number of esters is 1. The first-order valence-electron chi connectivity index (χ1n) is 8.99. The van der Waals surface area contributed by atoms with Crippen molar-refractivity contribution in [2.45, 2.75) is 13.2 Å². The number of pyridine rings is 1. The average molecular weight is 442 g/mol. The maximum atomic E-state index is 12.9. The third-order valence-electron chi connectivity index (χ3n) is 4.55. The number of aromatic nitrogens is 3. The predicted molar refractivity (Wildman–Crippen MR) is 115 cm³/mol. The van der Waals surface area contributed by atoms with Gasteiger partial charge in [-0.1, -0.05) is 48.0 Å². The van der Waals surface area contributed by atoms with Crippen molar-refractivity contribution in [2.24, 2.45) is 7.05 Å². The fourth-order valence-corrected chi connectivity index (χ4v) is 4.11. The number of carbonyl (C=O) groups excluding carboxylic acids is 1. The molecule has 0 saturated heterocycles. The predicted octanol–water partition coefficient (Wildman–Crippen LogP) is 3.22. The number of benzene rings is 1. The van der Waals surface area contributed by atoms with Gasteiger partial charge in [0.25, 0.3) is 5.56 Å². The lowest BCUT2D eigenvalue weighted by Crippen LogP contribution is -2.38. The van der Waals surface area contributed by atoms with Gasteiger partial charge in [-0.05, 0) is 23.3 Å². The van der Waals surface area contributed by atoms with Crippen LogP contribution in [0.25, 0.3) is 10.2 Å². The standard InChI is InChI=1S/C21H16ClN3O4S/c1-24-19-15(9-16(30-19)20(27)29-12-13-5-3-2-4-6-13)18(26)25(21(24)28)11-14-7-8-17(22)23-10-14/h2-10H,11-12H2,1H3. The number of halogens is 1. The summed E-state index contributed by atoms with van der Waals surface area (Å²) in [5, 5.41) is 0.613. The highest BCUT2D eigenvalue weighted by Gasteiger charge is 2.19. The number of aryl methyl sites for hydroxylation is 1. The van der Waals surface area contributed by atoms with Gasteiger partial charge in [0.2, 0.25) is 0 Å². The van der Waals surface area contributed by atoms with Crippen LogP contribution >= 0.6 is 22.9 Å². The number of hydrogen-bond acceptors (Lipinski definition) is 6. The number of hydrogen-bond donors (Lipinski definition) is 0. The number of rotatable bonds is 5. The van der Waals surface area contributed by atoms with Crippen LogP contribution in [0.3, 0.4) is 0 Å². The summed E-state index contributed by atoms with van der Waals surface area (Å²) in [5.74, 6) is -0.541. The smallest absolute Gasteiger partial charge is 0.348 e. The third kappa shape index (κ3) is 3.92. The van der Waals surface area contributed by atoms with Gasteiger partial charge in [0.15, 0.2) is 0 Å². The fourth-order valence-electron chi connectivity index (χ4n) is 3.00. The van der Waals surface area contributed by atoms with Crippen molar-refractivity contribution >= 4 is 39.1 Å². The van der Waals surface area contributed by atoms with E-state index in [0.717, 1.165) is 21.5 Å². The Morgan fingerprint density at radius 2 is 1.90 bits per heavy atom. The monoisotopic (exact) mass is 441 g/mol. The van der Waals surface area contributed by atoms with E-state index in [4.69, 9.17) is 16.3 Å². The summed E-state index contributed by atoms with van der Waals surface area (Å²) in [6.07, 6.45) is 1.51. The lowest BCUT2D eigenvalue weighted by Gasteiger charge is -2.08. The minimum atomic E-state index is -0.541. The second-order valence-corrected chi connectivity index (χ2v) is 8.03. The summed E-state index contributed by atoms with van der Waals surface area (Å²) in [4.78, 5) is 42.8. The average Bonchev–Trinajstić information content (AvgIpc) is 3.21. The van der Waals surface area contributed by atoms with Crippen LogP contribution in [0.1, 0.15) is 20.8 Å². The van der Waals surface area contributed by atoms with E-state index in [1.807, 2.05) is 30.3 Å². The molecule has 0 spiro atoms. The topological polar surface area (TPSA) is 83.2 Å². The van der Waals surface area contributed by atoms with Crippen molar-refractivity contribution in [3.63, 3.8) is 0 Å². The maximum Gasteiger partial charge on any atom is 0.348 e. The van der Waals surface area contributed by atoms with Gasteiger partial charge in [-0.25, -0.2) is 14.6 Å². The van der Waals surface area contributed by atoms with Crippen molar-refractivity contribution in [2.75, 3.05) is 0 Å². The summed E-state index contributed by atoms with van der Waals surface area (Å²) in [6.45, 7) is 0.176. The van der Waals surface area contributed by atoms with Gasteiger partial charge in [-0.3, -0.25) is 13.9 Å².